The Labute approximate surface area is 44.9 Å². The van der Waals surface area contributed by atoms with Crippen LogP contribution in [-0.2, 0) is 4.79 Å². The molecule has 1 unspecified atom stereocenters. The molecular weight excluding hydrogens is 111 g/mol. The maximum Gasteiger partial charge on any atom is 0.302 e. The van der Waals surface area contributed by atoms with E-state index in [-0.39, 0.29) is 0 Å². The lowest BCUT2D eigenvalue weighted by atomic mass is 10.3. The molecule has 0 aromatic carbocycles. The first-order chi connectivity index (χ1) is 3.80. The molecule has 4 heteroatoms. The van der Waals surface area contributed by atoms with Crippen molar-refractivity contribution in [1.29, 1.82) is 0 Å². The average Bonchev–Trinajstić information content (AvgIpc) is 1.77. The van der Waals surface area contributed by atoms with Crippen molar-refractivity contribution in [1.82, 2.24) is 0 Å². The number of nitrogens with zero attached hydrogens (tertiary/aromatic N) is 2. The molecule has 0 fully saturated rings. The van der Waals surface area contributed by atoms with E-state index in [1.165, 1.54) is 0 Å². The van der Waals surface area contributed by atoms with Gasteiger partial charge in [-0.1, -0.05) is 0 Å². The molecule has 0 aromatic rings. The summed E-state index contributed by atoms with van der Waals surface area (Å²) in [7, 11) is 0. The summed E-state index contributed by atoms with van der Waals surface area (Å²) >= 11 is 0. The number of amides is 1. The summed E-state index contributed by atoms with van der Waals surface area (Å²) in [6.45, 7) is 0. The molecule has 0 saturated heterocycles. The number of azo groups is 1. The van der Waals surface area contributed by atoms with Crippen LogP contribution in [0, 0.1) is 0 Å². The Morgan fingerprint density at radius 1 is 1.75 bits per heavy atom. The van der Waals surface area contributed by atoms with E-state index in [1.54, 1.807) is 0 Å². The fourth-order valence-corrected chi connectivity index (χ4v) is 0.342. The fourth-order valence-electron chi connectivity index (χ4n) is 0.342. The summed E-state index contributed by atoms with van der Waals surface area (Å²) in [5, 5.41) is 6.10. The highest BCUT2D eigenvalue weighted by molar-refractivity contribution is 5.83. The summed E-state index contributed by atoms with van der Waals surface area (Å²) < 4.78 is 12.0. The first-order valence-corrected chi connectivity index (χ1v) is 2.06. The van der Waals surface area contributed by atoms with Crippen LogP contribution in [0.1, 0.15) is 0 Å². The number of carbonyl (C=O) groups excluding carboxylic acids is 1. The lowest BCUT2D eigenvalue weighted by Gasteiger charge is -1.95. The van der Waals surface area contributed by atoms with Gasteiger partial charge in [0.25, 0.3) is 0 Å². The molecule has 1 amide bonds. The number of rotatable bonds is 0. The minimum absolute atomic E-state index is 0.826. The third-order valence-corrected chi connectivity index (χ3v) is 0.714. The zero-order valence-corrected chi connectivity index (χ0v) is 3.91. The smallest absolute Gasteiger partial charge is 0.267 e. The molecule has 1 aliphatic rings. The van der Waals surface area contributed by atoms with Crippen LogP contribution in [0.3, 0.4) is 0 Å². The van der Waals surface area contributed by atoms with Gasteiger partial charge in [-0.25, -0.2) is 4.39 Å². The van der Waals surface area contributed by atoms with E-state index in [4.69, 9.17) is 0 Å². The lowest BCUT2D eigenvalue weighted by molar-refractivity contribution is -0.121. The van der Waals surface area contributed by atoms with E-state index in [9.17, 15) is 9.18 Å². The summed E-state index contributed by atoms with van der Waals surface area (Å²) in [5.74, 6) is -0.826. The molecule has 1 atom stereocenters. The first-order valence-electron chi connectivity index (χ1n) is 2.06. The predicted molar refractivity (Wildman–Crippen MR) is 23.9 cm³/mol. The Hall–Kier alpha value is -1.06. The molecule has 0 aliphatic carbocycles. The molecule has 0 N–H and O–H groups in total. The lowest BCUT2D eigenvalue weighted by Crippen LogP contribution is -2.10. The Balaban J connectivity index is 2.74. The van der Waals surface area contributed by atoms with E-state index >= 15 is 0 Å². The molecule has 0 spiro atoms. The first kappa shape index (κ1) is 5.08. The highest BCUT2D eigenvalue weighted by Crippen LogP contribution is 2.02. The Bertz CT molecular complexity index is 163. The van der Waals surface area contributed by atoms with Crippen molar-refractivity contribution in [2.45, 2.75) is 6.17 Å². The van der Waals surface area contributed by atoms with Crippen LogP contribution < -0.4 is 0 Å². The van der Waals surface area contributed by atoms with Crippen LogP contribution in [0.5, 0.6) is 0 Å². The van der Waals surface area contributed by atoms with Gasteiger partial charge in [-0.05, 0) is 6.08 Å². The third kappa shape index (κ3) is 0.776. The monoisotopic (exact) mass is 114 g/mol. The second kappa shape index (κ2) is 1.81. The highest BCUT2D eigenvalue weighted by Gasteiger charge is 2.14. The highest BCUT2D eigenvalue weighted by atomic mass is 19.1. The zero-order chi connectivity index (χ0) is 5.98. The Kier molecular flexibility index (Phi) is 1.15. The molecule has 3 nitrogen and oxygen atoms in total. The summed E-state index contributed by atoms with van der Waals surface area (Å²) in [6, 6.07) is 0. The third-order valence-electron chi connectivity index (χ3n) is 0.714. The standard InChI is InChI=1S/C4H3FN2O/c5-3-1-2-6-7-4(3)8/h1-3H. The SMILES string of the molecule is O=C1N=NC=CC1F. The van der Waals surface area contributed by atoms with E-state index in [2.05, 4.69) is 10.2 Å². The molecular formula is C4H3FN2O. The number of halogens is 1. The van der Waals surface area contributed by atoms with Gasteiger partial charge in [0.05, 0.1) is 0 Å². The molecule has 0 radical (unpaired) electrons. The maximum atomic E-state index is 12.0. The summed E-state index contributed by atoms with van der Waals surface area (Å²) in [5.41, 5.74) is 0. The van der Waals surface area contributed by atoms with Crippen LogP contribution in [0.25, 0.3) is 0 Å². The zero-order valence-electron chi connectivity index (χ0n) is 3.91. The van der Waals surface area contributed by atoms with Gasteiger partial charge in [-0.3, -0.25) is 4.79 Å². The molecule has 8 heavy (non-hydrogen) atoms. The molecule has 1 aliphatic heterocycles. The van der Waals surface area contributed by atoms with Gasteiger partial charge in [0, 0.05) is 6.20 Å². The van der Waals surface area contributed by atoms with Crippen LogP contribution >= 0.6 is 0 Å². The Morgan fingerprint density at radius 2 is 2.50 bits per heavy atom. The molecule has 42 valence electrons. The van der Waals surface area contributed by atoms with E-state index in [1.807, 2.05) is 0 Å². The second-order valence-corrected chi connectivity index (χ2v) is 1.30. The van der Waals surface area contributed by atoms with E-state index < -0.39 is 12.1 Å². The second-order valence-electron chi connectivity index (χ2n) is 1.30. The Morgan fingerprint density at radius 3 is 2.88 bits per heavy atom. The molecule has 0 bridgehead atoms. The van der Waals surface area contributed by atoms with Crippen molar-refractivity contribution >= 4 is 5.91 Å². The number of hydrogen-bond donors (Lipinski definition) is 0. The van der Waals surface area contributed by atoms with Crippen molar-refractivity contribution in [2.75, 3.05) is 0 Å². The van der Waals surface area contributed by atoms with Gasteiger partial charge >= 0.3 is 5.91 Å². The van der Waals surface area contributed by atoms with Crippen molar-refractivity contribution in [3.63, 3.8) is 0 Å². The average molecular weight is 114 g/mol. The van der Waals surface area contributed by atoms with E-state index in [0.717, 1.165) is 12.3 Å². The molecule has 0 saturated carbocycles. The van der Waals surface area contributed by atoms with E-state index in [0.29, 0.717) is 0 Å². The quantitative estimate of drug-likeness (QED) is 0.459. The van der Waals surface area contributed by atoms with Gasteiger partial charge < -0.3 is 0 Å². The maximum absolute atomic E-state index is 12.0. The minimum atomic E-state index is -1.58. The molecule has 0 aromatic heterocycles. The topological polar surface area (TPSA) is 41.8 Å². The van der Waals surface area contributed by atoms with Crippen LogP contribution in [-0.4, -0.2) is 12.1 Å². The van der Waals surface area contributed by atoms with Gasteiger partial charge in [0.1, 0.15) is 0 Å². The fraction of sp³-hybridized carbons (Fsp3) is 0.250. The van der Waals surface area contributed by atoms with Crippen molar-refractivity contribution in [3.8, 4) is 0 Å². The largest absolute Gasteiger partial charge is 0.302 e. The summed E-state index contributed by atoms with van der Waals surface area (Å²) in [6.07, 6.45) is 0.633. The molecule has 1 rings (SSSR count). The van der Waals surface area contributed by atoms with Crippen LogP contribution in [0.2, 0.25) is 0 Å². The number of hydrogen-bond acceptors (Lipinski definition) is 2. The molecule has 1 heterocycles. The predicted octanol–water partition coefficient (Wildman–Crippen LogP) is 0.831. The number of carbonyl (C=O) groups is 1. The van der Waals surface area contributed by atoms with Gasteiger partial charge in [-0.2, -0.15) is 5.11 Å². The minimum Gasteiger partial charge on any atom is -0.267 e. The van der Waals surface area contributed by atoms with Crippen molar-refractivity contribution < 1.29 is 9.18 Å². The van der Waals surface area contributed by atoms with Crippen molar-refractivity contribution in [2.24, 2.45) is 10.2 Å². The normalized spacial score (nSPS) is 26.6. The van der Waals surface area contributed by atoms with Gasteiger partial charge in [-0.15, -0.1) is 5.11 Å². The van der Waals surface area contributed by atoms with Gasteiger partial charge in [0.2, 0.25) is 6.17 Å². The van der Waals surface area contributed by atoms with Crippen LogP contribution in [0.4, 0.5) is 4.39 Å². The summed E-state index contributed by atoms with van der Waals surface area (Å²) in [4.78, 5) is 10.1. The van der Waals surface area contributed by atoms with Crippen molar-refractivity contribution in [3.05, 3.63) is 12.3 Å². The van der Waals surface area contributed by atoms with Crippen LogP contribution in [0.15, 0.2) is 22.5 Å². The van der Waals surface area contributed by atoms with Gasteiger partial charge in [0.15, 0.2) is 0 Å². The number of alkyl halides is 1.